The highest BCUT2D eigenvalue weighted by Gasteiger charge is 2.44. The first-order valence-electron chi connectivity index (χ1n) is 13.4. The van der Waals surface area contributed by atoms with Crippen molar-refractivity contribution in [3.05, 3.63) is 62.9 Å². The minimum absolute atomic E-state index is 0.106. The number of fused-ring (bicyclic) bond motifs is 4. The van der Waals surface area contributed by atoms with Gasteiger partial charge in [-0.1, -0.05) is 12.1 Å². The molecule has 0 radical (unpaired) electrons. The van der Waals surface area contributed by atoms with Crippen LogP contribution in [0.3, 0.4) is 0 Å². The molecule has 1 aromatic carbocycles. The largest absolute Gasteiger partial charge is 0.295 e. The van der Waals surface area contributed by atoms with Crippen LogP contribution in [0.2, 0.25) is 0 Å². The summed E-state index contributed by atoms with van der Waals surface area (Å²) < 4.78 is 0. The Bertz CT molecular complexity index is 1640. The lowest BCUT2D eigenvalue weighted by molar-refractivity contribution is -0.136. The van der Waals surface area contributed by atoms with E-state index in [2.05, 4.69) is 16.3 Å². The van der Waals surface area contributed by atoms with Crippen molar-refractivity contribution in [2.45, 2.75) is 58.0 Å². The van der Waals surface area contributed by atoms with Crippen molar-refractivity contribution in [1.29, 1.82) is 0 Å². The van der Waals surface area contributed by atoms with E-state index in [0.717, 1.165) is 59.2 Å². The lowest BCUT2D eigenvalue weighted by Gasteiger charge is -2.27. The Labute approximate surface area is 228 Å². The molecule has 1 aliphatic carbocycles. The van der Waals surface area contributed by atoms with Gasteiger partial charge < -0.3 is 0 Å². The normalized spacial score (nSPS) is 21.4. The first-order valence-corrected chi connectivity index (χ1v) is 14.2. The summed E-state index contributed by atoms with van der Waals surface area (Å²) in [5.74, 6) is -1.12. The van der Waals surface area contributed by atoms with Gasteiger partial charge in [-0.2, -0.15) is 0 Å². The molecule has 1 fully saturated rings. The lowest BCUT2D eigenvalue weighted by atomic mass is 9.99. The van der Waals surface area contributed by atoms with E-state index in [9.17, 15) is 19.2 Å². The fourth-order valence-corrected chi connectivity index (χ4v) is 7.59. The fourth-order valence-electron chi connectivity index (χ4n) is 6.28. The second kappa shape index (κ2) is 9.17. The molecule has 4 aliphatic rings. The van der Waals surface area contributed by atoms with E-state index in [0.29, 0.717) is 17.7 Å². The summed E-state index contributed by atoms with van der Waals surface area (Å²) >= 11 is 1.82. The number of carbonyl (C=O) groups is 4. The number of aromatic nitrogens is 2. The molecule has 39 heavy (non-hydrogen) atoms. The Kier molecular flexibility index (Phi) is 5.71. The van der Waals surface area contributed by atoms with Gasteiger partial charge in [0.1, 0.15) is 16.7 Å². The summed E-state index contributed by atoms with van der Waals surface area (Å²) in [4.78, 5) is 65.5. The predicted octanol–water partition coefficient (Wildman–Crippen LogP) is 3.18. The smallest absolute Gasteiger partial charge is 0.262 e. The highest BCUT2D eigenvalue weighted by molar-refractivity contribution is 7.18. The molecular formula is C29H27N5O4S. The quantitative estimate of drug-likeness (QED) is 0.505. The number of hydrogen-bond donors (Lipinski definition) is 1. The number of thiophene rings is 1. The van der Waals surface area contributed by atoms with Crippen molar-refractivity contribution in [2.24, 2.45) is 0 Å². The van der Waals surface area contributed by atoms with Gasteiger partial charge in [-0.15, -0.1) is 11.3 Å². The third kappa shape index (κ3) is 4.01. The number of carbonyl (C=O) groups excluding carboxylic acids is 4. The third-order valence-corrected chi connectivity index (χ3v) is 9.37. The highest BCUT2D eigenvalue weighted by Crippen LogP contribution is 2.40. The summed E-state index contributed by atoms with van der Waals surface area (Å²) in [5, 5.41) is 3.49. The lowest BCUT2D eigenvalue weighted by Crippen LogP contribution is -2.54. The van der Waals surface area contributed by atoms with Crippen molar-refractivity contribution in [3.8, 4) is 0 Å². The maximum Gasteiger partial charge on any atom is 0.262 e. The summed E-state index contributed by atoms with van der Waals surface area (Å²) in [6, 6.07) is 4.38. The van der Waals surface area contributed by atoms with Crippen LogP contribution in [-0.2, 0) is 29.0 Å². The van der Waals surface area contributed by atoms with Crippen LogP contribution in [0.5, 0.6) is 0 Å². The predicted molar refractivity (Wildman–Crippen MR) is 145 cm³/mol. The molecule has 9 nitrogen and oxygen atoms in total. The van der Waals surface area contributed by atoms with Crippen LogP contribution in [-0.4, -0.2) is 62.5 Å². The van der Waals surface area contributed by atoms with E-state index < -0.39 is 23.8 Å². The minimum Gasteiger partial charge on any atom is -0.295 e. The second-order valence-corrected chi connectivity index (χ2v) is 11.8. The summed E-state index contributed by atoms with van der Waals surface area (Å²) in [6.45, 7) is 4.22. The zero-order valence-electron chi connectivity index (χ0n) is 21.6. The number of nitrogens with zero attached hydrogens (tertiary/aromatic N) is 4. The van der Waals surface area contributed by atoms with Gasteiger partial charge in [0.15, 0.2) is 0 Å². The molecule has 1 saturated heterocycles. The SMILES string of the molecule is Cc1nc(C2=CCN(Cc3ccc4c(c3)C(=O)N(C3CCC(=O)NC3=O)C4=O)CC2)c2c3c(sc2n1)CCC3. The Morgan fingerprint density at radius 3 is 2.67 bits per heavy atom. The van der Waals surface area contributed by atoms with Gasteiger partial charge in [0.05, 0.1) is 16.8 Å². The van der Waals surface area contributed by atoms with Crippen LogP contribution in [0.4, 0.5) is 0 Å². The maximum absolute atomic E-state index is 13.2. The molecule has 0 bridgehead atoms. The Morgan fingerprint density at radius 2 is 1.87 bits per heavy atom. The molecule has 3 aromatic rings. The number of rotatable bonds is 4. The molecule has 1 atom stereocenters. The molecule has 5 heterocycles. The monoisotopic (exact) mass is 541 g/mol. The van der Waals surface area contributed by atoms with E-state index in [1.54, 1.807) is 12.1 Å². The molecule has 1 N–H and O–H groups in total. The fraction of sp³-hybridized carbons (Fsp3) is 0.379. The van der Waals surface area contributed by atoms with Gasteiger partial charge in [0.2, 0.25) is 11.8 Å². The number of hydrogen-bond acceptors (Lipinski definition) is 8. The zero-order chi connectivity index (χ0) is 26.8. The first-order chi connectivity index (χ1) is 18.9. The van der Waals surface area contributed by atoms with Crippen molar-refractivity contribution in [1.82, 2.24) is 25.1 Å². The molecule has 7 rings (SSSR count). The number of aryl methyl sites for hydroxylation is 3. The van der Waals surface area contributed by atoms with Crippen molar-refractivity contribution in [2.75, 3.05) is 13.1 Å². The van der Waals surface area contributed by atoms with Crippen molar-refractivity contribution in [3.63, 3.8) is 0 Å². The molecule has 0 spiro atoms. The van der Waals surface area contributed by atoms with E-state index in [1.165, 1.54) is 27.8 Å². The highest BCUT2D eigenvalue weighted by atomic mass is 32.1. The summed E-state index contributed by atoms with van der Waals surface area (Å²) in [7, 11) is 0. The Morgan fingerprint density at radius 1 is 1.03 bits per heavy atom. The van der Waals surface area contributed by atoms with E-state index in [4.69, 9.17) is 9.97 Å². The molecule has 1 unspecified atom stereocenters. The Hall–Kier alpha value is -3.76. The molecule has 4 amide bonds. The molecular weight excluding hydrogens is 514 g/mol. The second-order valence-electron chi connectivity index (χ2n) is 10.7. The van der Waals surface area contributed by atoms with Crippen LogP contribution < -0.4 is 5.32 Å². The van der Waals surface area contributed by atoms with Crippen LogP contribution in [0.15, 0.2) is 24.3 Å². The number of amides is 4. The van der Waals surface area contributed by atoms with Gasteiger partial charge in [-0.25, -0.2) is 9.97 Å². The van der Waals surface area contributed by atoms with Crippen molar-refractivity contribution < 1.29 is 19.2 Å². The number of imide groups is 2. The van der Waals surface area contributed by atoms with Crippen LogP contribution in [0, 0.1) is 6.92 Å². The van der Waals surface area contributed by atoms with Gasteiger partial charge in [-0.05, 0) is 67.9 Å². The molecule has 0 saturated carbocycles. The number of nitrogens with one attached hydrogen (secondary N) is 1. The average Bonchev–Trinajstić information content (AvgIpc) is 3.57. The zero-order valence-corrected chi connectivity index (χ0v) is 22.4. The van der Waals surface area contributed by atoms with Gasteiger partial charge >= 0.3 is 0 Å². The molecule has 3 aliphatic heterocycles. The first kappa shape index (κ1) is 24.3. The van der Waals surface area contributed by atoms with Gasteiger partial charge in [-0.3, -0.25) is 34.3 Å². The van der Waals surface area contributed by atoms with E-state index in [-0.39, 0.29) is 18.7 Å². The molecule has 198 valence electrons. The van der Waals surface area contributed by atoms with E-state index in [1.807, 2.05) is 24.3 Å². The summed E-state index contributed by atoms with van der Waals surface area (Å²) in [5.41, 5.74) is 5.36. The third-order valence-electron chi connectivity index (χ3n) is 8.18. The van der Waals surface area contributed by atoms with E-state index >= 15 is 0 Å². The maximum atomic E-state index is 13.2. The average molecular weight is 542 g/mol. The van der Waals surface area contributed by atoms with Crippen LogP contribution >= 0.6 is 11.3 Å². The van der Waals surface area contributed by atoms with Gasteiger partial charge in [0, 0.05) is 36.3 Å². The number of piperidine rings is 1. The standard InChI is InChI=1S/C29H27N5O4S/c1-15-30-25(24-19-3-2-4-22(19)39-27(24)31-15)17-9-11-33(12-10-17)14-16-5-6-18-20(13-16)29(38)34(28(18)37)21-7-8-23(35)32-26(21)36/h5-6,9,13,21H,2-4,7-8,10-12,14H2,1H3,(H,32,35,36). The minimum atomic E-state index is -0.953. The van der Waals surface area contributed by atoms with Gasteiger partial charge in [0.25, 0.3) is 11.8 Å². The summed E-state index contributed by atoms with van der Waals surface area (Å²) in [6.07, 6.45) is 6.85. The van der Waals surface area contributed by atoms with Crippen molar-refractivity contribution >= 4 is 50.8 Å². The number of benzene rings is 1. The topological polar surface area (TPSA) is 113 Å². The molecule has 10 heteroatoms. The van der Waals surface area contributed by atoms with Crippen LogP contribution in [0.25, 0.3) is 15.8 Å². The van der Waals surface area contributed by atoms with Crippen LogP contribution in [0.1, 0.15) is 73.9 Å². The molecule has 2 aromatic heterocycles. The Balaban J connectivity index is 1.09.